The van der Waals surface area contributed by atoms with Gasteiger partial charge in [0.05, 0.1) is 12.0 Å². The number of amides is 1. The minimum absolute atomic E-state index is 0.181. The van der Waals surface area contributed by atoms with Crippen LogP contribution in [0.15, 0.2) is 48.5 Å². The summed E-state index contributed by atoms with van der Waals surface area (Å²) in [5.41, 5.74) is 1.20. The molecule has 0 saturated heterocycles. The third-order valence-electron chi connectivity index (χ3n) is 4.41. The predicted molar refractivity (Wildman–Crippen MR) is 93.2 cm³/mol. The van der Waals surface area contributed by atoms with Gasteiger partial charge in [0.25, 0.3) is 5.91 Å². The van der Waals surface area contributed by atoms with Gasteiger partial charge in [0.2, 0.25) is 0 Å². The molecule has 2 aromatic rings. The fourth-order valence-electron chi connectivity index (χ4n) is 3.10. The average molecular weight is 377 g/mol. The molecular formula is C20H18F3NO3. The Kier molecular flexibility index (Phi) is 5.21. The van der Waals surface area contributed by atoms with Crippen LogP contribution >= 0.6 is 0 Å². The lowest BCUT2D eigenvalue weighted by Gasteiger charge is -2.21. The minimum Gasteiger partial charge on any atom is -0.452 e. The molecule has 4 nitrogen and oxygen atoms in total. The number of alkyl halides is 3. The smallest absolute Gasteiger partial charge is 0.416 e. The van der Waals surface area contributed by atoms with Crippen molar-refractivity contribution in [3.63, 3.8) is 0 Å². The number of carbonyl (C=O) groups excluding carboxylic acids is 2. The number of halogens is 3. The molecular weight excluding hydrogens is 359 g/mol. The summed E-state index contributed by atoms with van der Waals surface area (Å²) in [7, 11) is 0. The van der Waals surface area contributed by atoms with Gasteiger partial charge in [-0.2, -0.15) is 13.2 Å². The Bertz CT molecular complexity index is 864. The standard InChI is InChI=1S/C20H18F3NO3/c1-13(19(26)24-10-9-15-6-2-3-8-17(15)24)27-18(25)12-14-5-4-7-16(11-14)20(21,22)23/h2-8,11,13H,9-10,12H2,1H3. The van der Waals surface area contributed by atoms with Crippen LogP contribution in [-0.4, -0.2) is 24.5 Å². The summed E-state index contributed by atoms with van der Waals surface area (Å²) >= 11 is 0. The molecule has 27 heavy (non-hydrogen) atoms. The van der Waals surface area contributed by atoms with Crippen LogP contribution in [0.3, 0.4) is 0 Å². The van der Waals surface area contributed by atoms with Crippen molar-refractivity contribution in [3.8, 4) is 0 Å². The van der Waals surface area contributed by atoms with Crippen molar-refractivity contribution in [3.05, 3.63) is 65.2 Å². The highest BCUT2D eigenvalue weighted by Crippen LogP contribution is 2.30. The molecule has 0 radical (unpaired) electrons. The van der Waals surface area contributed by atoms with Gasteiger partial charge in [-0.25, -0.2) is 0 Å². The lowest BCUT2D eigenvalue weighted by Crippen LogP contribution is -2.39. The van der Waals surface area contributed by atoms with Gasteiger partial charge in [-0.15, -0.1) is 0 Å². The van der Waals surface area contributed by atoms with E-state index in [9.17, 15) is 22.8 Å². The van der Waals surface area contributed by atoms with Gasteiger partial charge >= 0.3 is 12.1 Å². The highest BCUT2D eigenvalue weighted by Gasteiger charge is 2.31. The van der Waals surface area contributed by atoms with Gasteiger partial charge in [-0.1, -0.05) is 36.4 Å². The summed E-state index contributed by atoms with van der Waals surface area (Å²) in [6, 6.07) is 12.0. The number of anilines is 1. The number of hydrogen-bond acceptors (Lipinski definition) is 3. The number of carbonyl (C=O) groups is 2. The summed E-state index contributed by atoms with van der Waals surface area (Å²) in [6.45, 7) is 1.97. The maximum atomic E-state index is 12.7. The number of esters is 1. The van der Waals surface area contributed by atoms with E-state index in [4.69, 9.17) is 4.74 Å². The quantitative estimate of drug-likeness (QED) is 0.762. The summed E-state index contributed by atoms with van der Waals surface area (Å²) in [5.74, 6) is -1.10. The van der Waals surface area contributed by atoms with E-state index in [1.807, 2.05) is 24.3 Å². The van der Waals surface area contributed by atoms with Gasteiger partial charge in [0.1, 0.15) is 0 Å². The number of ether oxygens (including phenoxy) is 1. The monoisotopic (exact) mass is 377 g/mol. The largest absolute Gasteiger partial charge is 0.452 e. The normalized spacial score (nSPS) is 14.6. The molecule has 1 aliphatic rings. The summed E-state index contributed by atoms with van der Waals surface area (Å²) in [6.07, 6.45) is -5.11. The molecule has 142 valence electrons. The van der Waals surface area contributed by atoms with Crippen LogP contribution in [0, 0.1) is 0 Å². The predicted octanol–water partition coefficient (Wildman–Crippen LogP) is 3.77. The van der Waals surface area contributed by atoms with Crippen LogP contribution in [0.4, 0.5) is 18.9 Å². The Morgan fingerprint density at radius 1 is 1.15 bits per heavy atom. The molecule has 1 unspecified atom stereocenters. The Labute approximate surface area is 154 Å². The zero-order chi connectivity index (χ0) is 19.6. The molecule has 1 aliphatic heterocycles. The highest BCUT2D eigenvalue weighted by molar-refractivity contribution is 5.99. The summed E-state index contributed by atoms with van der Waals surface area (Å²) in [4.78, 5) is 26.2. The van der Waals surface area contributed by atoms with Crippen LogP contribution in [0.1, 0.15) is 23.6 Å². The Balaban J connectivity index is 1.62. The van der Waals surface area contributed by atoms with E-state index in [1.165, 1.54) is 19.1 Å². The van der Waals surface area contributed by atoms with Crippen molar-refractivity contribution in [2.75, 3.05) is 11.4 Å². The molecule has 0 spiro atoms. The van der Waals surface area contributed by atoms with Crippen molar-refractivity contribution >= 4 is 17.6 Å². The van der Waals surface area contributed by atoms with Gasteiger partial charge in [0.15, 0.2) is 6.10 Å². The van der Waals surface area contributed by atoms with Crippen molar-refractivity contribution < 1.29 is 27.5 Å². The van der Waals surface area contributed by atoms with Crippen LogP contribution in [0.5, 0.6) is 0 Å². The number of benzene rings is 2. The number of rotatable bonds is 4. The van der Waals surface area contributed by atoms with Crippen LogP contribution in [-0.2, 0) is 33.3 Å². The minimum atomic E-state index is -4.48. The molecule has 0 fully saturated rings. The summed E-state index contributed by atoms with van der Waals surface area (Å²) in [5, 5.41) is 0. The molecule has 2 aromatic carbocycles. The number of para-hydroxylation sites is 1. The lowest BCUT2D eigenvalue weighted by molar-refractivity contribution is -0.153. The van der Waals surface area contributed by atoms with Crippen LogP contribution in [0.2, 0.25) is 0 Å². The third kappa shape index (κ3) is 4.30. The zero-order valence-corrected chi connectivity index (χ0v) is 14.6. The highest BCUT2D eigenvalue weighted by atomic mass is 19.4. The molecule has 0 aromatic heterocycles. The zero-order valence-electron chi connectivity index (χ0n) is 14.6. The maximum Gasteiger partial charge on any atom is 0.416 e. The van der Waals surface area contributed by atoms with E-state index >= 15 is 0 Å². The van der Waals surface area contributed by atoms with Gasteiger partial charge in [-0.05, 0) is 36.6 Å². The number of nitrogens with zero attached hydrogens (tertiary/aromatic N) is 1. The third-order valence-corrected chi connectivity index (χ3v) is 4.41. The van der Waals surface area contributed by atoms with E-state index in [0.29, 0.717) is 6.54 Å². The molecule has 0 aliphatic carbocycles. The van der Waals surface area contributed by atoms with Crippen LogP contribution < -0.4 is 4.90 Å². The van der Waals surface area contributed by atoms with E-state index in [1.54, 1.807) is 4.90 Å². The van der Waals surface area contributed by atoms with Crippen molar-refractivity contribution in [2.45, 2.75) is 32.0 Å². The number of fused-ring (bicyclic) bond motifs is 1. The Morgan fingerprint density at radius 2 is 1.89 bits per heavy atom. The summed E-state index contributed by atoms with van der Waals surface area (Å²) < 4.78 is 43.4. The lowest BCUT2D eigenvalue weighted by atomic mass is 10.1. The van der Waals surface area contributed by atoms with Gasteiger partial charge in [0, 0.05) is 12.2 Å². The van der Waals surface area contributed by atoms with Crippen LogP contribution in [0.25, 0.3) is 0 Å². The Morgan fingerprint density at radius 3 is 2.63 bits per heavy atom. The molecule has 0 N–H and O–H groups in total. The topological polar surface area (TPSA) is 46.6 Å². The Hall–Kier alpha value is -2.83. The average Bonchev–Trinajstić information content (AvgIpc) is 3.04. The molecule has 1 heterocycles. The molecule has 7 heteroatoms. The fraction of sp³-hybridized carbons (Fsp3) is 0.300. The second kappa shape index (κ2) is 7.42. The first kappa shape index (κ1) is 18.9. The van der Waals surface area contributed by atoms with Crippen molar-refractivity contribution in [1.29, 1.82) is 0 Å². The number of hydrogen-bond donors (Lipinski definition) is 0. The van der Waals surface area contributed by atoms with Crippen molar-refractivity contribution in [1.82, 2.24) is 0 Å². The fourth-order valence-corrected chi connectivity index (χ4v) is 3.10. The van der Waals surface area contributed by atoms with E-state index in [2.05, 4.69) is 0 Å². The first-order chi connectivity index (χ1) is 12.8. The first-order valence-corrected chi connectivity index (χ1v) is 8.50. The maximum absolute atomic E-state index is 12.7. The molecule has 0 bridgehead atoms. The van der Waals surface area contributed by atoms with E-state index in [-0.39, 0.29) is 17.9 Å². The molecule has 1 amide bonds. The van der Waals surface area contributed by atoms with Gasteiger partial charge < -0.3 is 9.64 Å². The van der Waals surface area contributed by atoms with E-state index < -0.39 is 23.8 Å². The first-order valence-electron chi connectivity index (χ1n) is 8.50. The van der Waals surface area contributed by atoms with Crippen molar-refractivity contribution in [2.24, 2.45) is 0 Å². The molecule has 0 saturated carbocycles. The van der Waals surface area contributed by atoms with Gasteiger partial charge in [-0.3, -0.25) is 9.59 Å². The second-order valence-electron chi connectivity index (χ2n) is 6.38. The SMILES string of the molecule is CC(OC(=O)Cc1cccc(C(F)(F)F)c1)C(=O)N1CCc2ccccc21. The molecule has 3 rings (SSSR count). The second-order valence-corrected chi connectivity index (χ2v) is 6.38. The molecule has 1 atom stereocenters. The van der Waals surface area contributed by atoms with E-state index in [0.717, 1.165) is 29.8 Å².